The Balaban J connectivity index is -0.000000560. The number of hydrogen-bond acceptors (Lipinski definition) is 6. The van der Waals surface area contributed by atoms with Crippen LogP contribution in [0.15, 0.2) is 24.3 Å². The first-order valence-electron chi connectivity index (χ1n) is 13.4. The maximum atomic E-state index is 11.9. The van der Waals surface area contributed by atoms with Crippen molar-refractivity contribution in [3.63, 3.8) is 0 Å². The van der Waals surface area contributed by atoms with E-state index in [9.17, 15) is 16.8 Å². The van der Waals surface area contributed by atoms with Crippen LogP contribution in [0.3, 0.4) is 0 Å². The Morgan fingerprint density at radius 1 is 0.644 bits per heavy atom. The van der Waals surface area contributed by atoms with Crippen molar-refractivity contribution in [2.75, 3.05) is 48.6 Å². The highest BCUT2D eigenvalue weighted by Gasteiger charge is 2.17. The van der Waals surface area contributed by atoms with Crippen LogP contribution in [0.5, 0.6) is 0 Å². The molecule has 0 aliphatic heterocycles. The molecule has 6 nitrogen and oxygen atoms in total. The van der Waals surface area contributed by atoms with Gasteiger partial charge in [0.1, 0.15) is 0 Å². The third-order valence-electron chi connectivity index (χ3n) is 5.47. The molecule has 0 bridgehead atoms. The van der Waals surface area contributed by atoms with Crippen LogP contribution in [0.1, 0.15) is 59.4 Å². The van der Waals surface area contributed by atoms with Gasteiger partial charge in [-0.3, -0.25) is 0 Å². The number of halogens is 9. The molecule has 2 aromatic rings. The maximum absolute atomic E-state index is 11.9. The second kappa shape index (κ2) is 27.5. The van der Waals surface area contributed by atoms with Gasteiger partial charge in [0, 0.05) is 48.1 Å². The van der Waals surface area contributed by atoms with Crippen LogP contribution in [0.25, 0.3) is 0 Å². The molecule has 0 radical (unpaired) electrons. The van der Waals surface area contributed by atoms with E-state index in [4.69, 9.17) is 109 Å². The molecule has 0 aromatic heterocycles. The van der Waals surface area contributed by atoms with Crippen LogP contribution in [0.4, 0.5) is 5.69 Å². The van der Waals surface area contributed by atoms with Gasteiger partial charge in [0.25, 0.3) is 0 Å². The summed E-state index contributed by atoms with van der Waals surface area (Å²) in [5.41, 5.74) is 6.19. The highest BCUT2D eigenvalue weighted by molar-refractivity contribution is 8.13. The fourth-order valence-electron chi connectivity index (χ4n) is 3.01. The number of nitrogen functional groups attached to an aromatic ring is 1. The predicted octanol–water partition coefficient (Wildman–Crippen LogP) is 11.4. The third-order valence-corrected chi connectivity index (χ3v) is 10.6. The number of alkyl halides is 2. The zero-order valence-electron chi connectivity index (χ0n) is 24.7. The summed E-state index contributed by atoms with van der Waals surface area (Å²) in [6.45, 7) is 10.1. The molecule has 2 rings (SSSR count). The molecule has 264 valence electrons. The van der Waals surface area contributed by atoms with E-state index in [2.05, 4.69) is 25.7 Å². The predicted molar refractivity (Wildman–Crippen MR) is 205 cm³/mol. The Hall–Kier alpha value is 0.710. The van der Waals surface area contributed by atoms with Gasteiger partial charge in [-0.15, -0.1) is 23.2 Å². The number of benzene rings is 2. The number of nitrogens with zero attached hydrogens (tertiary/aromatic N) is 1. The van der Waals surface area contributed by atoms with Crippen LogP contribution < -0.4 is 5.73 Å². The lowest BCUT2D eigenvalue weighted by atomic mass is 10.2. The number of rotatable bonds is 13. The molecule has 0 saturated heterocycles. The topological polar surface area (TPSA) is 97.5 Å². The second-order valence-corrected chi connectivity index (χ2v) is 17.2. The second-order valence-electron chi connectivity index (χ2n) is 8.88. The van der Waals surface area contributed by atoms with Crippen molar-refractivity contribution in [3.8, 4) is 0 Å². The van der Waals surface area contributed by atoms with Gasteiger partial charge < -0.3 is 10.6 Å². The van der Waals surface area contributed by atoms with E-state index in [0.29, 0.717) is 68.8 Å². The van der Waals surface area contributed by atoms with Gasteiger partial charge in [0.2, 0.25) is 9.05 Å². The van der Waals surface area contributed by atoms with Gasteiger partial charge >= 0.3 is 0 Å². The highest BCUT2D eigenvalue weighted by Crippen LogP contribution is 2.31. The van der Waals surface area contributed by atoms with Crippen molar-refractivity contribution < 1.29 is 16.8 Å². The summed E-state index contributed by atoms with van der Waals surface area (Å²) >= 11 is 45.3. The quantitative estimate of drug-likeness (QED) is 0.0933. The number of hydrogen-bond donors (Lipinski definition) is 1. The van der Waals surface area contributed by atoms with E-state index in [1.54, 1.807) is 12.1 Å². The Labute approximate surface area is 315 Å². The molecule has 17 heteroatoms. The van der Waals surface area contributed by atoms with Crippen molar-refractivity contribution in [3.05, 3.63) is 60.0 Å². The Kier molecular flexibility index (Phi) is 30.6. The minimum absolute atomic E-state index is 0. The summed E-state index contributed by atoms with van der Waals surface area (Å²) in [5.74, 6) is 0.880. The van der Waals surface area contributed by atoms with Gasteiger partial charge in [-0.1, -0.05) is 97.8 Å². The highest BCUT2D eigenvalue weighted by atomic mass is 35.7. The van der Waals surface area contributed by atoms with Crippen molar-refractivity contribution in [1.82, 2.24) is 4.90 Å². The SMILES string of the molecule is C.CCN(CC)CC.Nc1c(Cl)cc(Cl)cc1Cl.O=S(=O)(CCCCCl)Cc1c(Cl)cc(Cl)cc1Cl.O=S(=O)(Cl)CCCCCl. The van der Waals surface area contributed by atoms with Crippen molar-refractivity contribution in [2.45, 2.75) is 59.6 Å². The van der Waals surface area contributed by atoms with Gasteiger partial charge in [0.15, 0.2) is 9.84 Å². The van der Waals surface area contributed by atoms with Crippen LogP contribution in [-0.4, -0.2) is 64.6 Å². The van der Waals surface area contributed by atoms with E-state index < -0.39 is 18.9 Å². The molecule has 2 N–H and O–H groups in total. The van der Waals surface area contributed by atoms with Gasteiger partial charge in [0.05, 0.1) is 33.0 Å². The van der Waals surface area contributed by atoms with Crippen LogP contribution in [0, 0.1) is 0 Å². The average Bonchev–Trinajstić information content (AvgIpc) is 2.91. The summed E-state index contributed by atoms with van der Waals surface area (Å²) < 4.78 is 44.2. The number of unbranched alkanes of at least 4 members (excludes halogenated alkanes) is 2. The first-order chi connectivity index (χ1) is 20.4. The molecule has 0 spiro atoms. The summed E-state index contributed by atoms with van der Waals surface area (Å²) in [5, 5.41) is 2.19. The molecular weight excluding hydrogens is 812 g/mol. The standard InChI is InChI=1S/C11H12Cl4O2S.C6H4Cl3N.C6H15N.C4H8Cl2O2S.CH4/c12-3-1-2-4-18(16,17)7-9-10(14)5-8(13)6-11(9)15;7-3-1-4(8)6(10)5(9)2-3;1-4-7(5-2)6-3;5-3-1-2-4-9(6,7)8;/h5-6H,1-4,7H2;1-2H,10H2;4-6H2,1-3H3;1-4H2;1H4. The zero-order chi connectivity index (χ0) is 34.5. The number of anilines is 1. The average molecular weight is 855 g/mol. The Morgan fingerprint density at radius 2 is 1.00 bits per heavy atom. The molecule has 2 aromatic carbocycles. The van der Waals surface area contributed by atoms with Crippen molar-refractivity contribution >= 4 is 128 Å². The monoisotopic (exact) mass is 850 g/mol. The van der Waals surface area contributed by atoms with E-state index in [1.165, 1.54) is 31.8 Å². The minimum atomic E-state index is -3.28. The molecule has 0 fully saturated rings. The maximum Gasteiger partial charge on any atom is 0.232 e. The molecule has 0 heterocycles. The van der Waals surface area contributed by atoms with Crippen LogP contribution >= 0.6 is 103 Å². The summed E-state index contributed by atoms with van der Waals surface area (Å²) in [6, 6.07) is 6.06. The molecule has 0 amide bonds. The normalized spacial score (nSPS) is 10.9. The largest absolute Gasteiger partial charge is 0.396 e. The van der Waals surface area contributed by atoms with Crippen molar-refractivity contribution in [2.24, 2.45) is 0 Å². The van der Waals surface area contributed by atoms with Gasteiger partial charge in [-0.2, -0.15) is 0 Å². The van der Waals surface area contributed by atoms with E-state index in [0.717, 1.165) is 0 Å². The minimum Gasteiger partial charge on any atom is -0.396 e. The Morgan fingerprint density at radius 3 is 1.31 bits per heavy atom. The van der Waals surface area contributed by atoms with Gasteiger partial charge in [-0.25, -0.2) is 16.8 Å². The lowest BCUT2D eigenvalue weighted by Gasteiger charge is -2.13. The summed E-state index contributed by atoms with van der Waals surface area (Å²) in [6.07, 6.45) is 2.46. The van der Waals surface area contributed by atoms with Crippen LogP contribution in [-0.2, 0) is 24.6 Å². The Bertz CT molecular complexity index is 1260. The molecule has 45 heavy (non-hydrogen) atoms. The van der Waals surface area contributed by atoms with E-state index in [-0.39, 0.29) is 34.7 Å². The molecule has 0 saturated carbocycles. The fourth-order valence-corrected chi connectivity index (χ4v) is 7.73. The third kappa shape index (κ3) is 26.3. The molecule has 0 aliphatic rings. The van der Waals surface area contributed by atoms with Crippen molar-refractivity contribution in [1.29, 1.82) is 0 Å². The first kappa shape index (κ1) is 50.1. The lowest BCUT2D eigenvalue weighted by Crippen LogP contribution is -2.21. The lowest BCUT2D eigenvalue weighted by molar-refractivity contribution is 0.321. The number of nitrogens with two attached hydrogens (primary N) is 1. The molecule has 0 unspecified atom stereocenters. The molecular formula is C28H43Cl9N2O4S2. The molecule has 0 atom stereocenters. The summed E-state index contributed by atoms with van der Waals surface area (Å²) in [7, 11) is -1.62. The smallest absolute Gasteiger partial charge is 0.232 e. The fraction of sp³-hybridized carbons (Fsp3) is 0.571. The zero-order valence-corrected chi connectivity index (χ0v) is 33.1. The number of sulfone groups is 1. The first-order valence-corrected chi connectivity index (χ1v) is 21.0. The van der Waals surface area contributed by atoms with Crippen LogP contribution in [0.2, 0.25) is 30.1 Å². The van der Waals surface area contributed by atoms with Gasteiger partial charge in [-0.05, 0) is 69.6 Å². The van der Waals surface area contributed by atoms with E-state index in [1.807, 2.05) is 0 Å². The molecule has 0 aliphatic carbocycles. The van der Waals surface area contributed by atoms with E-state index >= 15 is 0 Å². The summed E-state index contributed by atoms with van der Waals surface area (Å²) in [4.78, 5) is 2.38.